The Balaban J connectivity index is 1.94. The summed E-state index contributed by atoms with van der Waals surface area (Å²) in [6.07, 6.45) is 0. The van der Waals surface area contributed by atoms with Crippen LogP contribution in [0, 0.1) is 0 Å². The normalized spacial score (nSPS) is 10.4. The molecule has 1 aromatic carbocycles. The molecule has 7 nitrogen and oxygen atoms in total. The smallest absolute Gasteiger partial charge is 0.341 e. The SMILES string of the molecule is COCc1nc(C(=O)N(C)Cc2ccc(OCC(=O)O)cc2)cs1. The molecule has 2 aromatic rings. The number of nitrogens with zero attached hydrogens (tertiary/aromatic N) is 2. The molecule has 0 aliphatic carbocycles. The minimum absolute atomic E-state index is 0.167. The molecular formula is C16H18N2O5S. The molecule has 1 aromatic heterocycles. The Labute approximate surface area is 143 Å². The van der Waals surface area contributed by atoms with Gasteiger partial charge in [-0.05, 0) is 17.7 Å². The van der Waals surface area contributed by atoms with Gasteiger partial charge >= 0.3 is 5.97 Å². The third-order valence-corrected chi connectivity index (χ3v) is 3.91. The van der Waals surface area contributed by atoms with Gasteiger partial charge in [0, 0.05) is 26.1 Å². The van der Waals surface area contributed by atoms with Crippen LogP contribution in [0.2, 0.25) is 0 Å². The Hall–Kier alpha value is -2.45. The molecule has 0 radical (unpaired) electrons. The molecule has 8 heteroatoms. The van der Waals surface area contributed by atoms with Crippen molar-refractivity contribution in [1.29, 1.82) is 0 Å². The van der Waals surface area contributed by atoms with Crippen LogP contribution >= 0.6 is 11.3 Å². The van der Waals surface area contributed by atoms with Crippen molar-refractivity contribution in [1.82, 2.24) is 9.88 Å². The van der Waals surface area contributed by atoms with Crippen molar-refractivity contribution in [3.63, 3.8) is 0 Å². The maximum absolute atomic E-state index is 12.4. The molecule has 24 heavy (non-hydrogen) atoms. The van der Waals surface area contributed by atoms with E-state index < -0.39 is 5.97 Å². The van der Waals surface area contributed by atoms with Gasteiger partial charge in [0.2, 0.25) is 0 Å². The zero-order valence-electron chi connectivity index (χ0n) is 13.4. The largest absolute Gasteiger partial charge is 0.482 e. The van der Waals surface area contributed by atoms with E-state index in [-0.39, 0.29) is 12.5 Å². The number of ether oxygens (including phenoxy) is 2. The van der Waals surface area contributed by atoms with E-state index in [1.54, 1.807) is 48.7 Å². The first-order valence-electron chi connectivity index (χ1n) is 7.12. The lowest BCUT2D eigenvalue weighted by Gasteiger charge is -2.16. The van der Waals surface area contributed by atoms with Crippen LogP contribution in [-0.4, -0.2) is 47.6 Å². The summed E-state index contributed by atoms with van der Waals surface area (Å²) in [7, 11) is 3.28. The topological polar surface area (TPSA) is 89.0 Å². The van der Waals surface area contributed by atoms with E-state index >= 15 is 0 Å². The number of carbonyl (C=O) groups is 2. The lowest BCUT2D eigenvalue weighted by molar-refractivity contribution is -0.139. The highest BCUT2D eigenvalue weighted by Crippen LogP contribution is 2.16. The van der Waals surface area contributed by atoms with E-state index in [4.69, 9.17) is 14.6 Å². The van der Waals surface area contributed by atoms with Gasteiger partial charge in [-0.15, -0.1) is 11.3 Å². The number of carboxylic acid groups (broad SMARTS) is 1. The third kappa shape index (κ3) is 5.04. The van der Waals surface area contributed by atoms with Gasteiger partial charge in [0.1, 0.15) is 16.5 Å². The van der Waals surface area contributed by atoms with Crippen LogP contribution < -0.4 is 4.74 Å². The molecule has 0 fully saturated rings. The van der Waals surface area contributed by atoms with Gasteiger partial charge in [0.25, 0.3) is 5.91 Å². The van der Waals surface area contributed by atoms with Crippen molar-refractivity contribution in [2.45, 2.75) is 13.2 Å². The number of amides is 1. The number of aliphatic carboxylic acids is 1. The summed E-state index contributed by atoms with van der Waals surface area (Å²) >= 11 is 1.39. The fourth-order valence-corrected chi connectivity index (χ4v) is 2.71. The van der Waals surface area contributed by atoms with E-state index in [0.29, 0.717) is 24.6 Å². The average Bonchev–Trinajstić information content (AvgIpc) is 3.02. The van der Waals surface area contributed by atoms with Crippen molar-refractivity contribution in [3.8, 4) is 5.75 Å². The number of thiazole rings is 1. The average molecular weight is 350 g/mol. The molecular weight excluding hydrogens is 332 g/mol. The van der Waals surface area contributed by atoms with Gasteiger partial charge in [-0.25, -0.2) is 9.78 Å². The molecule has 2 rings (SSSR count). The molecule has 0 bridgehead atoms. The maximum Gasteiger partial charge on any atom is 0.341 e. The summed E-state index contributed by atoms with van der Waals surface area (Å²) in [5, 5.41) is 11.0. The van der Waals surface area contributed by atoms with E-state index in [9.17, 15) is 9.59 Å². The van der Waals surface area contributed by atoms with Crippen LogP contribution in [0.1, 0.15) is 21.1 Å². The first-order valence-corrected chi connectivity index (χ1v) is 8.00. The summed E-state index contributed by atoms with van der Waals surface area (Å²) in [6.45, 7) is 0.417. The molecule has 0 saturated carbocycles. The summed E-state index contributed by atoms with van der Waals surface area (Å²) in [4.78, 5) is 28.6. The van der Waals surface area contributed by atoms with Gasteiger partial charge in [0.05, 0.1) is 6.61 Å². The van der Waals surface area contributed by atoms with Gasteiger partial charge < -0.3 is 19.5 Å². The zero-order chi connectivity index (χ0) is 17.5. The number of hydrogen-bond acceptors (Lipinski definition) is 6. The van der Waals surface area contributed by atoms with Crippen LogP contribution in [0.15, 0.2) is 29.6 Å². The van der Waals surface area contributed by atoms with Crippen LogP contribution in [-0.2, 0) is 22.7 Å². The lowest BCUT2D eigenvalue weighted by Crippen LogP contribution is -2.26. The molecule has 1 N–H and O–H groups in total. The molecule has 128 valence electrons. The fourth-order valence-electron chi connectivity index (χ4n) is 1.98. The summed E-state index contributed by atoms with van der Waals surface area (Å²) in [5.41, 5.74) is 1.30. The molecule has 1 heterocycles. The molecule has 1 amide bonds. The quantitative estimate of drug-likeness (QED) is 0.783. The fraction of sp³-hybridized carbons (Fsp3) is 0.312. The third-order valence-electron chi connectivity index (χ3n) is 3.09. The Bertz CT molecular complexity index is 699. The van der Waals surface area contributed by atoms with Crippen molar-refractivity contribution in [2.75, 3.05) is 20.8 Å². The highest BCUT2D eigenvalue weighted by molar-refractivity contribution is 7.09. The number of aromatic nitrogens is 1. The summed E-state index contributed by atoms with van der Waals surface area (Å²) in [6, 6.07) is 6.93. The van der Waals surface area contributed by atoms with Crippen LogP contribution in [0.3, 0.4) is 0 Å². The van der Waals surface area contributed by atoms with Crippen LogP contribution in [0.4, 0.5) is 0 Å². The molecule has 0 aliphatic heterocycles. The second kappa shape index (κ2) is 8.42. The van der Waals surface area contributed by atoms with E-state index in [1.165, 1.54) is 11.3 Å². The van der Waals surface area contributed by atoms with E-state index in [2.05, 4.69) is 4.98 Å². The van der Waals surface area contributed by atoms with Gasteiger partial charge in [-0.2, -0.15) is 0 Å². The van der Waals surface area contributed by atoms with E-state index in [1.807, 2.05) is 0 Å². The lowest BCUT2D eigenvalue weighted by atomic mass is 10.2. The Morgan fingerprint density at radius 3 is 2.62 bits per heavy atom. The van der Waals surface area contributed by atoms with Crippen molar-refractivity contribution >= 4 is 23.2 Å². The maximum atomic E-state index is 12.4. The minimum Gasteiger partial charge on any atom is -0.482 e. The number of rotatable bonds is 8. The first-order chi connectivity index (χ1) is 11.5. The van der Waals surface area contributed by atoms with Gasteiger partial charge in [-0.3, -0.25) is 4.79 Å². The Morgan fingerprint density at radius 2 is 2.00 bits per heavy atom. The van der Waals surface area contributed by atoms with Crippen molar-refractivity contribution in [2.24, 2.45) is 0 Å². The van der Waals surface area contributed by atoms with Crippen molar-refractivity contribution < 1.29 is 24.2 Å². The number of carboxylic acids is 1. The Kier molecular flexibility index (Phi) is 6.28. The summed E-state index contributed by atoms with van der Waals surface area (Å²) in [5.74, 6) is -0.723. The molecule has 0 spiro atoms. The number of methoxy groups -OCH3 is 1. The molecule has 0 unspecified atom stereocenters. The second-order valence-corrected chi connectivity index (χ2v) is 5.99. The van der Waals surface area contributed by atoms with Crippen molar-refractivity contribution in [3.05, 3.63) is 45.9 Å². The standard InChI is InChI=1S/C16H18N2O5S/c1-18(16(21)13-10-24-14(17-13)8-22-2)7-11-3-5-12(6-4-11)23-9-15(19)20/h3-6,10H,7-9H2,1-2H3,(H,19,20). The molecule has 0 aliphatic rings. The van der Waals surface area contributed by atoms with Crippen LogP contribution in [0.25, 0.3) is 0 Å². The van der Waals surface area contributed by atoms with Gasteiger partial charge in [-0.1, -0.05) is 12.1 Å². The van der Waals surface area contributed by atoms with E-state index in [0.717, 1.165) is 10.6 Å². The highest BCUT2D eigenvalue weighted by atomic mass is 32.1. The van der Waals surface area contributed by atoms with Gasteiger partial charge in [0.15, 0.2) is 6.61 Å². The second-order valence-electron chi connectivity index (χ2n) is 5.05. The first kappa shape index (κ1) is 17.9. The number of benzene rings is 1. The molecule has 0 saturated heterocycles. The monoisotopic (exact) mass is 350 g/mol. The predicted molar refractivity (Wildman–Crippen MR) is 88.2 cm³/mol. The molecule has 0 atom stereocenters. The number of carbonyl (C=O) groups excluding carboxylic acids is 1. The zero-order valence-corrected chi connectivity index (χ0v) is 14.2. The number of hydrogen-bond donors (Lipinski definition) is 1. The predicted octanol–water partition coefficient (Wildman–Crippen LogP) is 2.03. The highest BCUT2D eigenvalue weighted by Gasteiger charge is 2.15. The Morgan fingerprint density at radius 1 is 1.29 bits per heavy atom. The van der Waals surface area contributed by atoms with Crippen LogP contribution in [0.5, 0.6) is 5.75 Å². The minimum atomic E-state index is -1.03. The summed E-state index contributed by atoms with van der Waals surface area (Å²) < 4.78 is 10.1.